The average molecular weight is 406 g/mol. The van der Waals surface area contributed by atoms with Crippen molar-refractivity contribution in [2.75, 3.05) is 39.3 Å². The molecule has 0 amide bonds. The number of pyridine rings is 1. The molecule has 3 rings (SSSR count). The van der Waals surface area contributed by atoms with Crippen molar-refractivity contribution in [3.05, 3.63) is 62.5 Å². The second-order valence-corrected chi connectivity index (χ2v) is 7.63. The van der Waals surface area contributed by atoms with E-state index >= 15 is 0 Å². The fourth-order valence-corrected chi connectivity index (χ4v) is 4.14. The third-order valence-corrected chi connectivity index (χ3v) is 5.74. The largest absolute Gasteiger partial charge is 0.507 e. The lowest BCUT2D eigenvalue weighted by Crippen LogP contribution is -2.49. The Morgan fingerprint density at radius 1 is 1.14 bits per heavy atom. The number of rotatable bonds is 6. The topological polar surface area (TPSA) is 68.9 Å². The molecular formula is C21H28ClN3O3. The number of benzene rings is 1. The van der Waals surface area contributed by atoms with Gasteiger partial charge in [0.15, 0.2) is 0 Å². The van der Waals surface area contributed by atoms with Gasteiger partial charge < -0.3 is 14.8 Å². The fourth-order valence-electron chi connectivity index (χ4n) is 4.01. The van der Waals surface area contributed by atoms with Gasteiger partial charge in [0.25, 0.3) is 5.56 Å². The lowest BCUT2D eigenvalue weighted by atomic mass is 9.96. The highest BCUT2D eigenvalue weighted by molar-refractivity contribution is 6.30. The molecule has 0 radical (unpaired) electrons. The number of halogens is 1. The zero-order chi connectivity index (χ0) is 20.3. The highest BCUT2D eigenvalue weighted by atomic mass is 35.5. The first-order chi connectivity index (χ1) is 13.5. The Kier molecular flexibility index (Phi) is 6.78. The van der Waals surface area contributed by atoms with Gasteiger partial charge >= 0.3 is 0 Å². The van der Waals surface area contributed by atoms with Crippen LogP contribution in [-0.2, 0) is 6.54 Å². The van der Waals surface area contributed by atoms with Crippen LogP contribution in [0.25, 0.3) is 0 Å². The van der Waals surface area contributed by atoms with Crippen LogP contribution in [0.5, 0.6) is 5.75 Å². The second kappa shape index (κ2) is 9.09. The number of aliphatic hydroxyl groups is 1. The van der Waals surface area contributed by atoms with Crippen LogP contribution >= 0.6 is 11.6 Å². The molecule has 0 unspecified atom stereocenters. The number of nitrogens with zero attached hydrogens (tertiary/aromatic N) is 3. The summed E-state index contributed by atoms with van der Waals surface area (Å²) >= 11 is 6.07. The van der Waals surface area contributed by atoms with Crippen molar-refractivity contribution in [1.82, 2.24) is 14.4 Å². The van der Waals surface area contributed by atoms with E-state index in [1.165, 1.54) is 0 Å². The van der Waals surface area contributed by atoms with E-state index in [1.54, 1.807) is 10.6 Å². The van der Waals surface area contributed by atoms with Crippen molar-refractivity contribution < 1.29 is 10.2 Å². The molecule has 1 aromatic carbocycles. The summed E-state index contributed by atoms with van der Waals surface area (Å²) < 4.78 is 1.69. The molecular weight excluding hydrogens is 378 g/mol. The van der Waals surface area contributed by atoms with Gasteiger partial charge in [0.2, 0.25) is 0 Å². The molecule has 2 N–H and O–H groups in total. The van der Waals surface area contributed by atoms with E-state index in [4.69, 9.17) is 11.6 Å². The number of piperazine rings is 1. The molecule has 7 heteroatoms. The number of hydrogen-bond acceptors (Lipinski definition) is 5. The molecule has 0 bridgehead atoms. The van der Waals surface area contributed by atoms with Gasteiger partial charge in [-0.15, -0.1) is 0 Å². The van der Waals surface area contributed by atoms with Gasteiger partial charge in [-0.1, -0.05) is 23.7 Å². The van der Waals surface area contributed by atoms with Gasteiger partial charge in [0, 0.05) is 50.0 Å². The third-order valence-electron chi connectivity index (χ3n) is 5.49. The predicted octanol–water partition coefficient (Wildman–Crippen LogP) is 2.23. The van der Waals surface area contributed by atoms with Crippen LogP contribution in [0, 0.1) is 6.92 Å². The molecule has 1 aliphatic heterocycles. The zero-order valence-electron chi connectivity index (χ0n) is 16.4. The van der Waals surface area contributed by atoms with Gasteiger partial charge in [-0.2, -0.15) is 0 Å². The minimum Gasteiger partial charge on any atom is -0.507 e. The van der Waals surface area contributed by atoms with E-state index < -0.39 is 0 Å². The average Bonchev–Trinajstić information content (AvgIpc) is 2.67. The summed E-state index contributed by atoms with van der Waals surface area (Å²) in [5.41, 5.74) is 1.93. The zero-order valence-corrected chi connectivity index (χ0v) is 17.2. The van der Waals surface area contributed by atoms with Crippen molar-refractivity contribution in [2.24, 2.45) is 0 Å². The number of aromatic nitrogens is 1. The van der Waals surface area contributed by atoms with E-state index in [0.717, 1.165) is 37.4 Å². The smallest absolute Gasteiger partial charge is 0.259 e. The SMILES string of the molecule is CCn1c(C)cc(O)c([C@H](c2ccc(Cl)cc2)N2CCN(CCO)CC2)c1=O. The highest BCUT2D eigenvalue weighted by Gasteiger charge is 2.31. The monoisotopic (exact) mass is 405 g/mol. The van der Waals surface area contributed by atoms with Crippen LogP contribution in [0.3, 0.4) is 0 Å². The summed E-state index contributed by atoms with van der Waals surface area (Å²) in [6.07, 6.45) is 0. The van der Waals surface area contributed by atoms with Crippen LogP contribution in [0.1, 0.15) is 29.8 Å². The fraction of sp³-hybridized carbons (Fsp3) is 0.476. The Labute approximate surface area is 170 Å². The maximum atomic E-state index is 13.2. The van der Waals surface area contributed by atoms with Gasteiger partial charge in [0.05, 0.1) is 18.2 Å². The Bertz CT molecular complexity index is 858. The van der Waals surface area contributed by atoms with Crippen LogP contribution < -0.4 is 5.56 Å². The summed E-state index contributed by atoms with van der Waals surface area (Å²) in [6, 6.07) is 8.79. The number of hydrogen-bond donors (Lipinski definition) is 2. The first-order valence-corrected chi connectivity index (χ1v) is 10.1. The van der Waals surface area contributed by atoms with Crippen molar-refractivity contribution in [3.63, 3.8) is 0 Å². The standard InChI is InChI=1S/C21H28ClN3O3/c1-3-25-15(2)14-18(27)19(21(25)28)20(16-4-6-17(22)7-5-16)24-10-8-23(9-11-24)12-13-26/h4-7,14,20,26-27H,3,8-13H2,1-2H3/t20-/m0/s1. The maximum absolute atomic E-state index is 13.2. The van der Waals surface area contributed by atoms with Gasteiger partial charge in [-0.05, 0) is 37.6 Å². The Balaban J connectivity index is 2.06. The van der Waals surface area contributed by atoms with Crippen LogP contribution in [0.15, 0.2) is 35.1 Å². The molecule has 1 aliphatic rings. The minimum atomic E-state index is -0.348. The summed E-state index contributed by atoms with van der Waals surface area (Å²) in [6.45, 7) is 8.20. The van der Waals surface area contributed by atoms with Crippen LogP contribution in [-0.4, -0.2) is 63.9 Å². The number of aryl methyl sites for hydroxylation is 1. The maximum Gasteiger partial charge on any atom is 0.259 e. The molecule has 1 fully saturated rings. The summed E-state index contributed by atoms with van der Waals surface area (Å²) in [4.78, 5) is 17.7. The van der Waals surface area contributed by atoms with E-state index in [0.29, 0.717) is 23.7 Å². The molecule has 28 heavy (non-hydrogen) atoms. The molecule has 6 nitrogen and oxygen atoms in total. The Morgan fingerprint density at radius 3 is 2.36 bits per heavy atom. The lowest BCUT2D eigenvalue weighted by molar-refractivity contribution is 0.0932. The van der Waals surface area contributed by atoms with Crippen molar-refractivity contribution >= 4 is 11.6 Å². The normalized spacial score (nSPS) is 17.0. The van der Waals surface area contributed by atoms with Gasteiger partial charge in [0.1, 0.15) is 5.75 Å². The van der Waals surface area contributed by atoms with Crippen molar-refractivity contribution in [3.8, 4) is 5.75 Å². The summed E-state index contributed by atoms with van der Waals surface area (Å²) in [5.74, 6) is 0.0323. The van der Waals surface area contributed by atoms with Crippen molar-refractivity contribution in [1.29, 1.82) is 0 Å². The number of aliphatic hydroxyl groups excluding tert-OH is 1. The van der Waals surface area contributed by atoms with Crippen molar-refractivity contribution in [2.45, 2.75) is 26.4 Å². The summed E-state index contributed by atoms with van der Waals surface area (Å²) in [5, 5.41) is 20.6. The predicted molar refractivity (Wildman–Crippen MR) is 111 cm³/mol. The lowest BCUT2D eigenvalue weighted by Gasteiger charge is -2.39. The van der Waals surface area contributed by atoms with Crippen LogP contribution in [0.4, 0.5) is 0 Å². The molecule has 0 saturated carbocycles. The Morgan fingerprint density at radius 2 is 1.79 bits per heavy atom. The van der Waals surface area contributed by atoms with E-state index in [-0.39, 0.29) is 24.0 Å². The quantitative estimate of drug-likeness (QED) is 0.771. The van der Waals surface area contributed by atoms with Gasteiger partial charge in [-0.3, -0.25) is 14.6 Å². The highest BCUT2D eigenvalue weighted by Crippen LogP contribution is 2.33. The minimum absolute atomic E-state index is 0.0323. The summed E-state index contributed by atoms with van der Waals surface area (Å²) in [7, 11) is 0. The molecule has 0 aliphatic carbocycles. The third kappa shape index (κ3) is 4.25. The van der Waals surface area contributed by atoms with E-state index in [2.05, 4.69) is 9.80 Å². The first-order valence-electron chi connectivity index (χ1n) is 9.72. The first kappa shape index (κ1) is 20.9. The molecule has 152 valence electrons. The number of aromatic hydroxyl groups is 1. The molecule has 0 spiro atoms. The molecule has 2 aromatic rings. The second-order valence-electron chi connectivity index (χ2n) is 7.19. The Hall–Kier alpha value is -1.86. The molecule has 1 atom stereocenters. The molecule has 2 heterocycles. The molecule has 1 aromatic heterocycles. The van der Waals surface area contributed by atoms with E-state index in [1.807, 2.05) is 38.1 Å². The van der Waals surface area contributed by atoms with E-state index in [9.17, 15) is 15.0 Å². The number of β-amino-alcohol motifs (C(OH)–C–C–N with tert-alkyl or cyclic N) is 1. The molecule has 1 saturated heterocycles. The van der Waals surface area contributed by atoms with Crippen LogP contribution in [0.2, 0.25) is 5.02 Å². The van der Waals surface area contributed by atoms with Gasteiger partial charge in [-0.25, -0.2) is 0 Å².